The highest BCUT2D eigenvalue weighted by Gasteiger charge is 2.22. The lowest BCUT2D eigenvalue weighted by molar-refractivity contribution is -0.394. The molecule has 1 aromatic rings. The molecule has 1 atom stereocenters. The smallest absolute Gasteiger partial charge is 0.328 e. The van der Waals surface area contributed by atoms with E-state index in [1.165, 1.54) is 6.92 Å². The second-order valence-electron chi connectivity index (χ2n) is 3.97. The number of carbonyl (C=O) groups excluding carboxylic acids is 2. The molecular weight excluding hydrogens is 286 g/mol. The lowest BCUT2D eigenvalue weighted by Crippen LogP contribution is -2.39. The lowest BCUT2D eigenvalue weighted by atomic mass is 10.1. The third kappa shape index (κ3) is 3.96. The highest BCUT2D eigenvalue weighted by molar-refractivity contribution is 5.97. The Hall–Kier alpha value is -3.04. The predicted octanol–water partition coefficient (Wildman–Crippen LogP) is 0.794. The van der Waals surface area contributed by atoms with Crippen LogP contribution in [-0.2, 0) is 9.53 Å². The number of nitro benzene ring substituents is 2. The molecule has 0 heterocycles. The number of nitro groups is 2. The fraction of sp³-hybridized carbons (Fsp3) is 0.273. The average molecular weight is 297 g/mol. The van der Waals surface area contributed by atoms with Crippen LogP contribution in [0.2, 0.25) is 0 Å². The number of hydrogen-bond acceptors (Lipinski definition) is 7. The maximum Gasteiger partial charge on any atom is 0.328 e. The predicted molar refractivity (Wildman–Crippen MR) is 68.7 cm³/mol. The van der Waals surface area contributed by atoms with E-state index in [1.54, 1.807) is 0 Å². The van der Waals surface area contributed by atoms with Crippen molar-refractivity contribution in [2.24, 2.45) is 0 Å². The number of rotatable bonds is 5. The number of methoxy groups -OCH3 is 1. The number of hydrogen-bond donors (Lipinski definition) is 1. The fourth-order valence-electron chi connectivity index (χ4n) is 1.45. The zero-order valence-electron chi connectivity index (χ0n) is 11.1. The third-order valence-electron chi connectivity index (χ3n) is 2.49. The molecule has 10 nitrogen and oxygen atoms in total. The van der Waals surface area contributed by atoms with Gasteiger partial charge in [-0.25, -0.2) is 4.79 Å². The molecule has 0 saturated heterocycles. The second kappa shape index (κ2) is 6.41. The van der Waals surface area contributed by atoms with Gasteiger partial charge in [-0.2, -0.15) is 0 Å². The molecule has 0 saturated carbocycles. The summed E-state index contributed by atoms with van der Waals surface area (Å²) in [6, 6.07) is 1.50. The molecule has 1 N–H and O–H groups in total. The number of benzene rings is 1. The van der Waals surface area contributed by atoms with Gasteiger partial charge in [-0.05, 0) is 6.92 Å². The van der Waals surface area contributed by atoms with E-state index < -0.39 is 39.1 Å². The maximum absolute atomic E-state index is 11.9. The van der Waals surface area contributed by atoms with Crippen molar-refractivity contribution in [1.82, 2.24) is 5.32 Å². The Morgan fingerprint density at radius 1 is 1.14 bits per heavy atom. The number of ether oxygens (including phenoxy) is 1. The summed E-state index contributed by atoms with van der Waals surface area (Å²) < 4.78 is 4.40. The van der Waals surface area contributed by atoms with Crippen molar-refractivity contribution in [3.05, 3.63) is 44.0 Å². The molecule has 0 aliphatic heterocycles. The number of nitrogens with one attached hydrogen (secondary N) is 1. The molecule has 1 unspecified atom stereocenters. The minimum absolute atomic E-state index is 0.299. The summed E-state index contributed by atoms with van der Waals surface area (Å²) in [5, 5.41) is 23.6. The molecule has 0 spiro atoms. The van der Waals surface area contributed by atoms with Crippen LogP contribution in [0.3, 0.4) is 0 Å². The summed E-state index contributed by atoms with van der Waals surface area (Å²) in [6.45, 7) is 1.34. The first-order valence-corrected chi connectivity index (χ1v) is 5.58. The zero-order chi connectivity index (χ0) is 16.2. The zero-order valence-corrected chi connectivity index (χ0v) is 11.1. The van der Waals surface area contributed by atoms with E-state index in [1.807, 2.05) is 0 Å². The number of amides is 1. The summed E-state index contributed by atoms with van der Waals surface area (Å²) >= 11 is 0. The first-order chi connectivity index (χ1) is 9.76. The van der Waals surface area contributed by atoms with Crippen molar-refractivity contribution in [1.29, 1.82) is 0 Å². The monoisotopic (exact) mass is 297 g/mol. The largest absolute Gasteiger partial charge is 0.467 e. The molecule has 1 aromatic carbocycles. The van der Waals surface area contributed by atoms with Crippen molar-refractivity contribution in [2.45, 2.75) is 13.0 Å². The van der Waals surface area contributed by atoms with Gasteiger partial charge < -0.3 is 10.1 Å². The molecule has 21 heavy (non-hydrogen) atoms. The van der Waals surface area contributed by atoms with E-state index in [2.05, 4.69) is 10.1 Å². The SMILES string of the molecule is COC(=O)C(C)NC(=O)c1cc([N+](=O)[O-])cc([N+](=O)[O-])c1. The Labute approximate surface area is 118 Å². The molecule has 0 aliphatic carbocycles. The number of carbonyl (C=O) groups is 2. The van der Waals surface area contributed by atoms with Gasteiger partial charge in [0.25, 0.3) is 17.3 Å². The Balaban J connectivity index is 3.11. The number of nitrogens with zero attached hydrogens (tertiary/aromatic N) is 2. The molecule has 0 aliphatic rings. The molecule has 0 aromatic heterocycles. The minimum Gasteiger partial charge on any atom is -0.467 e. The molecule has 1 rings (SSSR count). The van der Waals surface area contributed by atoms with E-state index in [0.29, 0.717) is 0 Å². The van der Waals surface area contributed by atoms with Crippen LogP contribution >= 0.6 is 0 Å². The minimum atomic E-state index is -0.999. The van der Waals surface area contributed by atoms with Crippen LogP contribution in [-0.4, -0.2) is 34.9 Å². The summed E-state index contributed by atoms with van der Waals surface area (Å²) in [7, 11) is 1.13. The molecule has 10 heteroatoms. The van der Waals surface area contributed by atoms with Gasteiger partial charge >= 0.3 is 5.97 Å². The molecular formula is C11H11N3O7. The van der Waals surface area contributed by atoms with Gasteiger partial charge in [-0.15, -0.1) is 0 Å². The number of esters is 1. The molecule has 0 radical (unpaired) electrons. The van der Waals surface area contributed by atoms with Gasteiger partial charge in [0.15, 0.2) is 0 Å². The van der Waals surface area contributed by atoms with Crippen LogP contribution in [0.1, 0.15) is 17.3 Å². The normalized spacial score (nSPS) is 11.3. The quantitative estimate of drug-likeness (QED) is 0.481. The average Bonchev–Trinajstić information content (AvgIpc) is 2.45. The van der Waals surface area contributed by atoms with Gasteiger partial charge in [-0.3, -0.25) is 25.0 Å². The Kier molecular flexibility index (Phi) is 4.89. The fourth-order valence-corrected chi connectivity index (χ4v) is 1.45. The van der Waals surface area contributed by atoms with Gasteiger partial charge in [0.05, 0.1) is 28.6 Å². The summed E-state index contributed by atoms with van der Waals surface area (Å²) in [5.74, 6) is -1.58. The summed E-state index contributed by atoms with van der Waals surface area (Å²) in [4.78, 5) is 42.7. The molecule has 0 bridgehead atoms. The van der Waals surface area contributed by atoms with Crippen molar-refractivity contribution in [3.8, 4) is 0 Å². The summed E-state index contributed by atoms with van der Waals surface area (Å²) in [5.41, 5.74) is -1.49. The lowest BCUT2D eigenvalue weighted by Gasteiger charge is -2.11. The molecule has 112 valence electrons. The Morgan fingerprint density at radius 2 is 1.62 bits per heavy atom. The van der Waals surface area contributed by atoms with Crippen molar-refractivity contribution >= 4 is 23.3 Å². The van der Waals surface area contributed by atoms with E-state index >= 15 is 0 Å². The van der Waals surface area contributed by atoms with Gasteiger partial charge in [0, 0.05) is 12.1 Å². The maximum atomic E-state index is 11.9. The highest BCUT2D eigenvalue weighted by atomic mass is 16.6. The number of non-ortho nitro benzene ring substituents is 2. The van der Waals surface area contributed by atoms with Crippen LogP contribution in [0.15, 0.2) is 18.2 Å². The topological polar surface area (TPSA) is 142 Å². The van der Waals surface area contributed by atoms with E-state index in [0.717, 1.165) is 25.3 Å². The van der Waals surface area contributed by atoms with Gasteiger partial charge in [-0.1, -0.05) is 0 Å². The van der Waals surface area contributed by atoms with E-state index in [4.69, 9.17) is 0 Å². The van der Waals surface area contributed by atoms with Gasteiger partial charge in [0.1, 0.15) is 6.04 Å². The van der Waals surface area contributed by atoms with Gasteiger partial charge in [0.2, 0.25) is 0 Å². The first-order valence-electron chi connectivity index (χ1n) is 5.58. The molecule has 1 amide bonds. The van der Waals surface area contributed by atoms with Crippen molar-refractivity contribution < 1.29 is 24.2 Å². The standard InChI is InChI=1S/C11H11N3O7/c1-6(11(16)21-2)12-10(15)7-3-8(13(17)18)5-9(4-7)14(19)20/h3-6H,1-2H3,(H,12,15). The van der Waals surface area contributed by atoms with Crippen LogP contribution in [0.5, 0.6) is 0 Å². The van der Waals surface area contributed by atoms with E-state index in [9.17, 15) is 29.8 Å². The summed E-state index contributed by atoms with van der Waals surface area (Å²) in [6.07, 6.45) is 0. The van der Waals surface area contributed by atoms with Crippen LogP contribution in [0.25, 0.3) is 0 Å². The van der Waals surface area contributed by atoms with E-state index in [-0.39, 0.29) is 5.56 Å². The Bertz CT molecular complexity index is 582. The molecule has 0 fully saturated rings. The second-order valence-corrected chi connectivity index (χ2v) is 3.97. The Morgan fingerprint density at radius 3 is 2.00 bits per heavy atom. The van der Waals surface area contributed by atoms with Crippen molar-refractivity contribution in [3.63, 3.8) is 0 Å². The van der Waals surface area contributed by atoms with Crippen LogP contribution in [0.4, 0.5) is 11.4 Å². The first kappa shape index (κ1) is 16.0. The highest BCUT2D eigenvalue weighted by Crippen LogP contribution is 2.22. The van der Waals surface area contributed by atoms with Crippen molar-refractivity contribution in [2.75, 3.05) is 7.11 Å². The third-order valence-corrected chi connectivity index (χ3v) is 2.49. The van der Waals surface area contributed by atoms with Crippen LogP contribution < -0.4 is 5.32 Å². The van der Waals surface area contributed by atoms with Crippen LogP contribution in [0, 0.1) is 20.2 Å².